The molecule has 1 aliphatic rings. The quantitative estimate of drug-likeness (QED) is 0.789. The molecule has 1 amide bonds. The first-order chi connectivity index (χ1) is 11.5. The Morgan fingerprint density at radius 2 is 1.79 bits per heavy atom. The fraction of sp³-hybridized carbons (Fsp3) is 0.263. The fourth-order valence-electron chi connectivity index (χ4n) is 2.98. The highest BCUT2D eigenvalue weighted by molar-refractivity contribution is 9.10. The number of aliphatic carboxylic acids is 1. The van der Waals surface area contributed by atoms with Gasteiger partial charge in [-0.05, 0) is 41.5 Å². The van der Waals surface area contributed by atoms with Gasteiger partial charge in [-0.3, -0.25) is 4.79 Å². The van der Waals surface area contributed by atoms with E-state index in [1.165, 1.54) is 5.56 Å². The molecular weight excluding hydrogens is 370 g/mol. The minimum absolute atomic E-state index is 0.214. The number of hydrogen-bond acceptors (Lipinski definition) is 2. The van der Waals surface area contributed by atoms with Gasteiger partial charge < -0.3 is 10.4 Å². The summed E-state index contributed by atoms with van der Waals surface area (Å²) in [4.78, 5) is 23.7. The summed E-state index contributed by atoms with van der Waals surface area (Å²) in [6.45, 7) is 0. The number of carboxylic acid groups (broad SMARTS) is 1. The van der Waals surface area contributed by atoms with Crippen LogP contribution in [0.4, 0.5) is 0 Å². The molecule has 2 aromatic rings. The van der Waals surface area contributed by atoms with Crippen molar-refractivity contribution in [3.63, 3.8) is 0 Å². The van der Waals surface area contributed by atoms with E-state index < -0.39 is 12.0 Å². The Hall–Kier alpha value is -2.14. The van der Waals surface area contributed by atoms with Gasteiger partial charge in [-0.15, -0.1) is 0 Å². The highest BCUT2D eigenvalue weighted by Gasteiger charge is 2.39. The van der Waals surface area contributed by atoms with E-state index in [1.54, 1.807) is 24.3 Å². The largest absolute Gasteiger partial charge is 0.479 e. The predicted octanol–water partition coefficient (Wildman–Crippen LogP) is 3.88. The third-order valence-electron chi connectivity index (χ3n) is 4.35. The molecule has 1 fully saturated rings. The van der Waals surface area contributed by atoms with Gasteiger partial charge in [-0.25, -0.2) is 4.79 Å². The number of hydrogen-bond donors (Lipinski definition) is 2. The van der Waals surface area contributed by atoms with Crippen molar-refractivity contribution >= 4 is 27.8 Å². The summed E-state index contributed by atoms with van der Waals surface area (Å²) in [5.41, 5.74) is 1.81. The minimum Gasteiger partial charge on any atom is -0.479 e. The van der Waals surface area contributed by atoms with Crippen LogP contribution in [0.5, 0.6) is 0 Å². The first-order valence-corrected chi connectivity index (χ1v) is 8.66. The molecule has 4 nitrogen and oxygen atoms in total. The third-order valence-corrected chi connectivity index (χ3v) is 4.88. The second-order valence-electron chi connectivity index (χ2n) is 6.11. The molecule has 24 heavy (non-hydrogen) atoms. The Morgan fingerprint density at radius 3 is 2.42 bits per heavy atom. The molecule has 0 bridgehead atoms. The Morgan fingerprint density at radius 1 is 1.12 bits per heavy atom. The van der Waals surface area contributed by atoms with Crippen LogP contribution in [0.25, 0.3) is 0 Å². The fourth-order valence-corrected chi connectivity index (χ4v) is 3.25. The van der Waals surface area contributed by atoms with Crippen molar-refractivity contribution < 1.29 is 14.7 Å². The van der Waals surface area contributed by atoms with Gasteiger partial charge >= 0.3 is 5.97 Å². The van der Waals surface area contributed by atoms with E-state index in [9.17, 15) is 14.7 Å². The lowest BCUT2D eigenvalue weighted by Crippen LogP contribution is -2.33. The van der Waals surface area contributed by atoms with Gasteiger partial charge in [-0.2, -0.15) is 0 Å². The summed E-state index contributed by atoms with van der Waals surface area (Å²) in [5.74, 6) is -0.561. The molecule has 0 heterocycles. The topological polar surface area (TPSA) is 66.4 Å². The van der Waals surface area contributed by atoms with Gasteiger partial charge in [0, 0.05) is 10.9 Å². The van der Waals surface area contributed by atoms with E-state index in [-0.39, 0.29) is 5.91 Å². The zero-order chi connectivity index (χ0) is 17.1. The van der Waals surface area contributed by atoms with Crippen molar-refractivity contribution in [1.29, 1.82) is 0 Å². The van der Waals surface area contributed by atoms with Gasteiger partial charge in [0.2, 0.25) is 5.91 Å². The van der Waals surface area contributed by atoms with Crippen molar-refractivity contribution in [2.75, 3.05) is 0 Å². The second-order valence-corrected chi connectivity index (χ2v) is 7.02. The number of benzene rings is 2. The molecule has 3 rings (SSSR count). The SMILES string of the molecule is O=C(C[C@@H]1C[C@H]1c1ccccc1)NC(C(=O)O)c1ccc(Br)cc1. The van der Waals surface area contributed by atoms with Crippen molar-refractivity contribution in [3.8, 4) is 0 Å². The van der Waals surface area contributed by atoms with Crippen LogP contribution in [-0.4, -0.2) is 17.0 Å². The molecule has 0 saturated heterocycles. The second kappa shape index (κ2) is 7.18. The van der Waals surface area contributed by atoms with Crippen molar-refractivity contribution in [2.24, 2.45) is 5.92 Å². The molecule has 0 aromatic heterocycles. The van der Waals surface area contributed by atoms with Crippen molar-refractivity contribution in [1.82, 2.24) is 5.32 Å². The minimum atomic E-state index is -1.05. The molecule has 0 aliphatic heterocycles. The average Bonchev–Trinajstić information content (AvgIpc) is 3.33. The van der Waals surface area contributed by atoms with Gasteiger partial charge in [0.05, 0.1) is 0 Å². The number of nitrogens with one attached hydrogen (secondary N) is 1. The zero-order valence-electron chi connectivity index (χ0n) is 13.0. The van der Waals surface area contributed by atoms with Crippen molar-refractivity contribution in [2.45, 2.75) is 24.8 Å². The van der Waals surface area contributed by atoms with E-state index in [0.29, 0.717) is 23.8 Å². The molecule has 1 aliphatic carbocycles. The Labute approximate surface area is 149 Å². The van der Waals surface area contributed by atoms with E-state index >= 15 is 0 Å². The van der Waals surface area contributed by atoms with Crippen LogP contribution >= 0.6 is 15.9 Å². The van der Waals surface area contributed by atoms with Crippen LogP contribution in [0.15, 0.2) is 59.1 Å². The summed E-state index contributed by atoms with van der Waals surface area (Å²) in [6, 6.07) is 16.0. The highest BCUT2D eigenvalue weighted by atomic mass is 79.9. The number of rotatable bonds is 6. The molecule has 124 valence electrons. The Kier molecular flexibility index (Phi) is 5.00. The zero-order valence-corrected chi connectivity index (χ0v) is 14.6. The number of carbonyl (C=O) groups excluding carboxylic acids is 1. The van der Waals surface area contributed by atoms with E-state index in [2.05, 4.69) is 33.4 Å². The Bertz CT molecular complexity index is 730. The van der Waals surface area contributed by atoms with E-state index in [0.717, 1.165) is 10.9 Å². The first-order valence-electron chi connectivity index (χ1n) is 7.87. The summed E-state index contributed by atoms with van der Waals surface area (Å²) < 4.78 is 0.866. The molecule has 2 N–H and O–H groups in total. The van der Waals surface area contributed by atoms with Crippen LogP contribution in [0.1, 0.15) is 35.9 Å². The van der Waals surface area contributed by atoms with Crippen LogP contribution in [-0.2, 0) is 9.59 Å². The van der Waals surface area contributed by atoms with E-state index in [1.807, 2.05) is 18.2 Å². The van der Waals surface area contributed by atoms with Gasteiger partial charge in [0.25, 0.3) is 0 Å². The maximum absolute atomic E-state index is 12.2. The smallest absolute Gasteiger partial charge is 0.330 e. The number of carboxylic acids is 1. The maximum Gasteiger partial charge on any atom is 0.330 e. The Balaban J connectivity index is 1.59. The van der Waals surface area contributed by atoms with Crippen LogP contribution < -0.4 is 5.32 Å². The molecular formula is C19H18BrNO3. The molecule has 5 heteroatoms. The average molecular weight is 388 g/mol. The number of carbonyl (C=O) groups is 2. The lowest BCUT2D eigenvalue weighted by Gasteiger charge is -2.15. The lowest BCUT2D eigenvalue weighted by molar-refractivity contribution is -0.142. The molecule has 1 saturated carbocycles. The van der Waals surface area contributed by atoms with Gasteiger partial charge in [0.1, 0.15) is 0 Å². The molecule has 0 radical (unpaired) electrons. The standard InChI is InChI=1S/C19H18BrNO3/c20-15-8-6-13(7-9-15)18(19(23)24)21-17(22)11-14-10-16(14)12-4-2-1-3-5-12/h1-9,14,16,18H,10-11H2,(H,21,22)(H,23,24)/t14-,16-,18?/m0/s1. The molecule has 0 spiro atoms. The van der Waals surface area contributed by atoms with Gasteiger partial charge in [0.15, 0.2) is 6.04 Å². The third kappa shape index (κ3) is 4.03. The first kappa shape index (κ1) is 16.7. The van der Waals surface area contributed by atoms with Gasteiger partial charge in [-0.1, -0.05) is 58.4 Å². The van der Waals surface area contributed by atoms with Crippen LogP contribution in [0, 0.1) is 5.92 Å². The van der Waals surface area contributed by atoms with Crippen LogP contribution in [0.3, 0.4) is 0 Å². The van der Waals surface area contributed by atoms with Crippen molar-refractivity contribution in [3.05, 3.63) is 70.2 Å². The normalized spacial score (nSPS) is 20.2. The lowest BCUT2D eigenvalue weighted by atomic mass is 10.1. The monoisotopic (exact) mass is 387 g/mol. The van der Waals surface area contributed by atoms with E-state index in [4.69, 9.17) is 0 Å². The summed E-state index contributed by atoms with van der Waals surface area (Å²) in [6.07, 6.45) is 1.34. The van der Waals surface area contributed by atoms with Crippen LogP contribution in [0.2, 0.25) is 0 Å². The molecule has 1 unspecified atom stereocenters. The maximum atomic E-state index is 12.2. The highest BCUT2D eigenvalue weighted by Crippen LogP contribution is 2.49. The molecule has 3 atom stereocenters. The predicted molar refractivity (Wildman–Crippen MR) is 94.6 cm³/mol. The number of halogens is 1. The summed E-state index contributed by atoms with van der Waals surface area (Å²) in [7, 11) is 0. The summed E-state index contributed by atoms with van der Waals surface area (Å²) >= 11 is 3.32. The summed E-state index contributed by atoms with van der Waals surface area (Å²) in [5, 5.41) is 12.0. The number of amides is 1. The molecule has 2 aromatic carbocycles.